The van der Waals surface area contributed by atoms with Crippen LogP contribution in [0.15, 0.2) is 66.7 Å². The van der Waals surface area contributed by atoms with E-state index in [0.29, 0.717) is 34.2 Å². The maximum atomic E-state index is 13.9. The van der Waals surface area contributed by atoms with Crippen molar-refractivity contribution in [1.29, 1.82) is 0 Å². The van der Waals surface area contributed by atoms with E-state index in [0.717, 1.165) is 0 Å². The maximum Gasteiger partial charge on any atom is 0.425 e. The molecule has 3 aromatic carbocycles. The molecule has 0 aliphatic heterocycles. The van der Waals surface area contributed by atoms with Crippen LogP contribution in [0, 0.1) is 0 Å². The normalized spacial score (nSPS) is 17.9. The molecule has 28 heavy (non-hydrogen) atoms. The molecule has 0 bridgehead atoms. The zero-order valence-electron chi connectivity index (χ0n) is 15.0. The molecular formula is C23H17F3O2. The summed E-state index contributed by atoms with van der Waals surface area (Å²) in [7, 11) is 0. The van der Waals surface area contributed by atoms with Crippen LogP contribution in [0.25, 0.3) is 22.3 Å². The number of alkyl halides is 3. The molecule has 0 heterocycles. The van der Waals surface area contributed by atoms with Crippen molar-refractivity contribution in [3.8, 4) is 22.3 Å². The Morgan fingerprint density at radius 3 is 2.14 bits per heavy atom. The van der Waals surface area contributed by atoms with Crippen LogP contribution in [0.1, 0.15) is 34.8 Å². The number of ketones is 1. The second-order valence-electron chi connectivity index (χ2n) is 6.87. The summed E-state index contributed by atoms with van der Waals surface area (Å²) in [5.41, 5.74) is -0.837. The van der Waals surface area contributed by atoms with Gasteiger partial charge in [0.15, 0.2) is 5.78 Å². The number of Topliss-reactive ketones (excluding diaryl/α,β-unsaturated/α-hetero) is 1. The van der Waals surface area contributed by atoms with Gasteiger partial charge in [0.2, 0.25) is 5.60 Å². The Morgan fingerprint density at radius 1 is 0.893 bits per heavy atom. The summed E-state index contributed by atoms with van der Waals surface area (Å²) >= 11 is 0. The summed E-state index contributed by atoms with van der Waals surface area (Å²) < 4.78 is 41.8. The van der Waals surface area contributed by atoms with Gasteiger partial charge in [-0.25, -0.2) is 0 Å². The molecule has 142 valence electrons. The van der Waals surface area contributed by atoms with E-state index in [9.17, 15) is 23.1 Å². The van der Waals surface area contributed by atoms with Gasteiger partial charge in [0.1, 0.15) is 0 Å². The Bertz CT molecular complexity index is 1070. The van der Waals surface area contributed by atoms with Gasteiger partial charge in [-0.15, -0.1) is 0 Å². The van der Waals surface area contributed by atoms with Crippen LogP contribution in [0.5, 0.6) is 0 Å². The minimum absolute atomic E-state index is 0.00222. The zero-order valence-corrected chi connectivity index (χ0v) is 15.0. The van der Waals surface area contributed by atoms with Gasteiger partial charge >= 0.3 is 6.18 Å². The van der Waals surface area contributed by atoms with Crippen molar-refractivity contribution in [1.82, 2.24) is 0 Å². The molecule has 2 nitrogen and oxygen atoms in total. The minimum Gasteiger partial charge on any atom is -0.372 e. The van der Waals surface area contributed by atoms with E-state index >= 15 is 0 Å². The first-order valence-corrected chi connectivity index (χ1v) is 8.94. The molecule has 0 radical (unpaired) electrons. The third-order valence-electron chi connectivity index (χ3n) is 5.29. The third kappa shape index (κ3) is 2.58. The van der Waals surface area contributed by atoms with Crippen molar-refractivity contribution in [3.05, 3.63) is 83.4 Å². The highest BCUT2D eigenvalue weighted by molar-refractivity contribution is 5.96. The van der Waals surface area contributed by atoms with Gasteiger partial charge < -0.3 is 5.11 Å². The lowest BCUT2D eigenvalue weighted by atomic mass is 9.89. The lowest BCUT2D eigenvalue weighted by molar-refractivity contribution is -0.246. The molecule has 0 amide bonds. The summed E-state index contributed by atoms with van der Waals surface area (Å²) in [6, 6.07) is 17.5. The van der Waals surface area contributed by atoms with Crippen LogP contribution in [0.2, 0.25) is 0 Å². The predicted molar refractivity (Wildman–Crippen MR) is 101 cm³/mol. The number of aliphatic hydroxyl groups is 1. The van der Waals surface area contributed by atoms with Crippen molar-refractivity contribution in [2.24, 2.45) is 0 Å². The Hall–Kier alpha value is -2.92. The van der Waals surface area contributed by atoms with E-state index in [2.05, 4.69) is 0 Å². The molecule has 1 unspecified atom stereocenters. The average molecular weight is 382 g/mol. The van der Waals surface area contributed by atoms with E-state index in [1.54, 1.807) is 55.5 Å². The molecule has 1 N–H and O–H groups in total. The van der Waals surface area contributed by atoms with Crippen molar-refractivity contribution in [2.45, 2.75) is 25.1 Å². The second-order valence-corrected chi connectivity index (χ2v) is 6.87. The SMILES string of the molecule is CCC(=O)c1ccc(-c2ccc3c(c2)C(O)(C(F)(F)F)c2ccccc2-3)cc1. The first-order chi connectivity index (χ1) is 13.3. The summed E-state index contributed by atoms with van der Waals surface area (Å²) in [5.74, 6) is 0.00222. The Morgan fingerprint density at radius 2 is 1.50 bits per heavy atom. The summed E-state index contributed by atoms with van der Waals surface area (Å²) in [5, 5.41) is 10.8. The zero-order chi connectivity index (χ0) is 20.1. The highest BCUT2D eigenvalue weighted by atomic mass is 19.4. The number of hydrogen-bond donors (Lipinski definition) is 1. The summed E-state index contributed by atoms with van der Waals surface area (Å²) in [6.45, 7) is 1.77. The molecule has 3 aromatic rings. The number of rotatable bonds is 3. The third-order valence-corrected chi connectivity index (χ3v) is 5.29. The molecular weight excluding hydrogens is 365 g/mol. The number of hydrogen-bond acceptors (Lipinski definition) is 2. The van der Waals surface area contributed by atoms with Gasteiger partial charge in [0, 0.05) is 23.1 Å². The predicted octanol–water partition coefficient (Wildman–Crippen LogP) is 5.72. The molecule has 1 atom stereocenters. The highest BCUT2D eigenvalue weighted by Crippen LogP contribution is 2.55. The van der Waals surface area contributed by atoms with Crippen molar-refractivity contribution in [2.75, 3.05) is 0 Å². The highest BCUT2D eigenvalue weighted by Gasteiger charge is 2.60. The standard InChI is InChI=1S/C23H17F3O2/c1-2-21(27)15-9-7-14(8-10-15)16-11-12-18-17-5-3-4-6-19(17)22(28,20(18)13-16)23(24,25)26/h3-13,28H,2H2,1H3. The fourth-order valence-corrected chi connectivity index (χ4v) is 3.79. The van der Waals surface area contributed by atoms with E-state index in [-0.39, 0.29) is 16.9 Å². The maximum absolute atomic E-state index is 13.9. The Balaban J connectivity index is 1.86. The smallest absolute Gasteiger partial charge is 0.372 e. The largest absolute Gasteiger partial charge is 0.425 e. The van der Waals surface area contributed by atoms with E-state index in [1.165, 1.54) is 18.2 Å². The number of carbonyl (C=O) groups excluding carboxylic acids is 1. The first kappa shape index (κ1) is 18.4. The lowest BCUT2D eigenvalue weighted by Crippen LogP contribution is -2.41. The van der Waals surface area contributed by atoms with Crippen molar-refractivity contribution in [3.63, 3.8) is 0 Å². The molecule has 1 aliphatic carbocycles. The monoisotopic (exact) mass is 382 g/mol. The molecule has 1 aliphatic rings. The average Bonchev–Trinajstić information content (AvgIpc) is 2.97. The molecule has 0 spiro atoms. The molecule has 0 saturated carbocycles. The van der Waals surface area contributed by atoms with Gasteiger partial charge in [-0.2, -0.15) is 13.2 Å². The molecule has 0 aromatic heterocycles. The second kappa shape index (κ2) is 6.31. The number of benzene rings is 3. The quantitative estimate of drug-likeness (QED) is 0.588. The van der Waals surface area contributed by atoms with Crippen LogP contribution >= 0.6 is 0 Å². The lowest BCUT2D eigenvalue weighted by Gasteiger charge is -2.28. The fraction of sp³-hybridized carbons (Fsp3) is 0.174. The van der Waals surface area contributed by atoms with Crippen LogP contribution in [0.4, 0.5) is 13.2 Å². The van der Waals surface area contributed by atoms with Crippen molar-refractivity contribution >= 4 is 5.78 Å². The van der Waals surface area contributed by atoms with Crippen LogP contribution < -0.4 is 0 Å². The molecule has 0 fully saturated rings. The minimum atomic E-state index is -4.86. The summed E-state index contributed by atoms with van der Waals surface area (Å²) in [4.78, 5) is 11.8. The Kier molecular flexibility index (Phi) is 4.16. The van der Waals surface area contributed by atoms with Crippen LogP contribution in [-0.4, -0.2) is 17.1 Å². The van der Waals surface area contributed by atoms with Gasteiger partial charge in [-0.3, -0.25) is 4.79 Å². The van der Waals surface area contributed by atoms with Crippen LogP contribution in [0.3, 0.4) is 0 Å². The van der Waals surface area contributed by atoms with E-state index < -0.39 is 11.8 Å². The molecule has 0 saturated heterocycles. The summed E-state index contributed by atoms with van der Waals surface area (Å²) in [6.07, 6.45) is -4.47. The number of carbonyl (C=O) groups is 1. The topological polar surface area (TPSA) is 37.3 Å². The Labute approximate surface area is 160 Å². The fourth-order valence-electron chi connectivity index (χ4n) is 3.79. The van der Waals surface area contributed by atoms with E-state index in [4.69, 9.17) is 0 Å². The van der Waals surface area contributed by atoms with Crippen molar-refractivity contribution < 1.29 is 23.1 Å². The van der Waals surface area contributed by atoms with E-state index in [1.807, 2.05) is 0 Å². The van der Waals surface area contributed by atoms with Gasteiger partial charge in [-0.1, -0.05) is 67.6 Å². The van der Waals surface area contributed by atoms with Gasteiger partial charge in [0.05, 0.1) is 0 Å². The first-order valence-electron chi connectivity index (χ1n) is 8.94. The van der Waals surface area contributed by atoms with Crippen LogP contribution in [-0.2, 0) is 5.60 Å². The molecule has 4 rings (SSSR count). The molecule has 5 heteroatoms. The van der Waals surface area contributed by atoms with Gasteiger partial charge in [-0.05, 0) is 28.3 Å². The van der Waals surface area contributed by atoms with Gasteiger partial charge in [0.25, 0.3) is 0 Å². The number of halogens is 3. The number of fused-ring (bicyclic) bond motifs is 3.